The average Bonchev–Trinajstić information content (AvgIpc) is 3.17. The fourth-order valence-corrected chi connectivity index (χ4v) is 5.73. The summed E-state index contributed by atoms with van der Waals surface area (Å²) in [6, 6.07) is 9.22. The van der Waals surface area contributed by atoms with Crippen LogP contribution in [0.1, 0.15) is 55.4 Å². The van der Waals surface area contributed by atoms with Crippen LogP contribution in [-0.2, 0) is 28.7 Å². The van der Waals surface area contributed by atoms with E-state index in [2.05, 4.69) is 14.8 Å². The van der Waals surface area contributed by atoms with Crippen molar-refractivity contribution in [2.24, 2.45) is 0 Å². The van der Waals surface area contributed by atoms with Crippen molar-refractivity contribution in [3.05, 3.63) is 47.5 Å². The molecule has 0 saturated carbocycles. The molecule has 0 aliphatic carbocycles. The van der Waals surface area contributed by atoms with E-state index >= 15 is 0 Å². The fraction of sp³-hybridized carbons (Fsp3) is 0.556. The summed E-state index contributed by atoms with van der Waals surface area (Å²) >= 11 is 0. The first-order valence-corrected chi connectivity index (χ1v) is 10.7. The molecular weight excluding hydrogens is 336 g/mol. The van der Waals surface area contributed by atoms with Crippen LogP contribution in [0.25, 0.3) is 0 Å². The minimum atomic E-state index is -3.37. The predicted molar refractivity (Wildman–Crippen MR) is 95.3 cm³/mol. The van der Waals surface area contributed by atoms with Crippen molar-refractivity contribution < 1.29 is 8.42 Å². The van der Waals surface area contributed by atoms with Gasteiger partial charge in [-0.3, -0.25) is 0 Å². The molecule has 0 amide bonds. The zero-order valence-electron chi connectivity index (χ0n) is 14.3. The zero-order valence-corrected chi connectivity index (χ0v) is 15.2. The van der Waals surface area contributed by atoms with E-state index in [4.69, 9.17) is 0 Å². The second kappa shape index (κ2) is 6.88. The van der Waals surface area contributed by atoms with Crippen molar-refractivity contribution in [1.29, 1.82) is 0 Å². The topological polar surface area (TPSA) is 68.1 Å². The van der Waals surface area contributed by atoms with E-state index in [1.807, 2.05) is 30.3 Å². The van der Waals surface area contributed by atoms with Gasteiger partial charge in [0.15, 0.2) is 5.82 Å². The van der Waals surface area contributed by atoms with Gasteiger partial charge in [0.05, 0.1) is 11.8 Å². The van der Waals surface area contributed by atoms with Gasteiger partial charge in [0.1, 0.15) is 5.82 Å². The monoisotopic (exact) mass is 360 g/mol. The summed E-state index contributed by atoms with van der Waals surface area (Å²) in [7, 11) is -3.37. The molecule has 1 aromatic carbocycles. The summed E-state index contributed by atoms with van der Waals surface area (Å²) < 4.78 is 29.9. The smallest absolute Gasteiger partial charge is 0.218 e. The summed E-state index contributed by atoms with van der Waals surface area (Å²) in [5, 5.41) is 8.75. The van der Waals surface area contributed by atoms with E-state index in [1.54, 1.807) is 4.31 Å². The van der Waals surface area contributed by atoms with Gasteiger partial charge in [-0.2, -0.15) is 4.31 Å². The predicted octanol–water partition coefficient (Wildman–Crippen LogP) is 2.67. The van der Waals surface area contributed by atoms with E-state index in [1.165, 1.54) is 6.42 Å². The summed E-state index contributed by atoms with van der Waals surface area (Å²) in [6.45, 7) is 1.47. The van der Waals surface area contributed by atoms with Crippen molar-refractivity contribution in [2.45, 2.75) is 56.9 Å². The number of aryl methyl sites for hydroxylation is 1. The number of aromatic nitrogens is 3. The molecule has 0 bridgehead atoms. The van der Waals surface area contributed by atoms with Crippen LogP contribution in [0.4, 0.5) is 0 Å². The minimum absolute atomic E-state index is 0.0470. The third-order valence-corrected chi connectivity index (χ3v) is 7.04. The third-order valence-electron chi connectivity index (χ3n) is 5.19. The number of sulfonamides is 1. The van der Waals surface area contributed by atoms with Crippen LogP contribution < -0.4 is 0 Å². The highest BCUT2D eigenvalue weighted by atomic mass is 32.2. The van der Waals surface area contributed by atoms with Crippen LogP contribution >= 0.6 is 0 Å². The Morgan fingerprint density at radius 2 is 1.84 bits per heavy atom. The molecule has 2 aromatic rings. The van der Waals surface area contributed by atoms with Gasteiger partial charge in [-0.1, -0.05) is 36.8 Å². The van der Waals surface area contributed by atoms with Crippen molar-refractivity contribution >= 4 is 10.0 Å². The van der Waals surface area contributed by atoms with Crippen LogP contribution in [0.15, 0.2) is 30.3 Å². The Balaban J connectivity index is 1.61. The first-order valence-electron chi connectivity index (χ1n) is 9.10. The summed E-state index contributed by atoms with van der Waals surface area (Å²) in [6.07, 6.45) is 6.09. The molecule has 1 atom stereocenters. The number of hydrogen-bond acceptors (Lipinski definition) is 4. The van der Waals surface area contributed by atoms with E-state index < -0.39 is 10.0 Å². The number of nitrogens with zero attached hydrogens (tertiary/aromatic N) is 4. The number of benzene rings is 1. The molecule has 0 radical (unpaired) electrons. The maximum absolute atomic E-state index is 13.0. The van der Waals surface area contributed by atoms with E-state index in [9.17, 15) is 8.42 Å². The summed E-state index contributed by atoms with van der Waals surface area (Å²) in [5.41, 5.74) is 0.827. The van der Waals surface area contributed by atoms with Gasteiger partial charge in [-0.05, 0) is 31.2 Å². The van der Waals surface area contributed by atoms with Crippen LogP contribution in [-0.4, -0.2) is 34.0 Å². The van der Waals surface area contributed by atoms with Crippen LogP contribution in [0.2, 0.25) is 0 Å². The van der Waals surface area contributed by atoms with Crippen molar-refractivity contribution in [3.63, 3.8) is 0 Å². The lowest BCUT2D eigenvalue weighted by atomic mass is 10.2. The normalized spacial score (nSPS) is 21.8. The molecule has 134 valence electrons. The lowest BCUT2D eigenvalue weighted by Gasteiger charge is -2.24. The molecule has 0 N–H and O–H groups in total. The molecule has 0 unspecified atom stereocenters. The van der Waals surface area contributed by atoms with E-state index in [0.717, 1.165) is 55.9 Å². The highest BCUT2D eigenvalue weighted by Gasteiger charge is 2.38. The molecule has 1 fully saturated rings. The highest BCUT2D eigenvalue weighted by molar-refractivity contribution is 7.88. The van der Waals surface area contributed by atoms with Crippen molar-refractivity contribution in [2.75, 3.05) is 6.54 Å². The maximum Gasteiger partial charge on any atom is 0.218 e. The first kappa shape index (κ1) is 16.7. The highest BCUT2D eigenvalue weighted by Crippen LogP contribution is 2.35. The third kappa shape index (κ3) is 3.35. The quantitative estimate of drug-likeness (QED) is 0.841. The van der Waals surface area contributed by atoms with Crippen LogP contribution in [0, 0.1) is 0 Å². The number of rotatable bonds is 4. The molecule has 2 aliphatic heterocycles. The Bertz CT molecular complexity index is 832. The van der Waals surface area contributed by atoms with E-state index in [-0.39, 0.29) is 11.8 Å². The summed E-state index contributed by atoms with van der Waals surface area (Å²) in [4.78, 5) is 0. The summed E-state index contributed by atoms with van der Waals surface area (Å²) in [5.74, 6) is 1.90. The molecule has 3 heterocycles. The molecule has 0 spiro atoms. The first-order chi connectivity index (χ1) is 12.1. The second-order valence-electron chi connectivity index (χ2n) is 6.95. The largest absolute Gasteiger partial charge is 0.314 e. The lowest BCUT2D eigenvalue weighted by molar-refractivity contribution is 0.370. The lowest BCUT2D eigenvalue weighted by Crippen LogP contribution is -2.33. The average molecular weight is 360 g/mol. The molecule has 4 rings (SSSR count). The van der Waals surface area contributed by atoms with Crippen LogP contribution in [0.3, 0.4) is 0 Å². The zero-order chi connectivity index (χ0) is 17.3. The minimum Gasteiger partial charge on any atom is -0.314 e. The Morgan fingerprint density at radius 3 is 2.68 bits per heavy atom. The van der Waals surface area contributed by atoms with Gasteiger partial charge in [-0.25, -0.2) is 8.42 Å². The van der Waals surface area contributed by atoms with Gasteiger partial charge in [0, 0.05) is 19.5 Å². The maximum atomic E-state index is 13.0. The number of fused-ring (bicyclic) bond motifs is 1. The Kier molecular flexibility index (Phi) is 4.60. The fourth-order valence-electron chi connectivity index (χ4n) is 3.95. The molecule has 1 aromatic heterocycles. The van der Waals surface area contributed by atoms with Crippen molar-refractivity contribution in [3.8, 4) is 0 Å². The van der Waals surface area contributed by atoms with Gasteiger partial charge in [0.25, 0.3) is 0 Å². The Morgan fingerprint density at radius 1 is 1.00 bits per heavy atom. The molecule has 1 saturated heterocycles. The van der Waals surface area contributed by atoms with E-state index in [0.29, 0.717) is 6.54 Å². The molecule has 6 nitrogen and oxygen atoms in total. The van der Waals surface area contributed by atoms with Crippen LogP contribution in [0.5, 0.6) is 0 Å². The molecule has 2 aliphatic rings. The van der Waals surface area contributed by atoms with Crippen molar-refractivity contribution in [1.82, 2.24) is 19.1 Å². The second-order valence-corrected chi connectivity index (χ2v) is 8.87. The Hall–Kier alpha value is -1.73. The van der Waals surface area contributed by atoms with Gasteiger partial charge >= 0.3 is 0 Å². The molecular formula is C18H24N4O2S. The SMILES string of the molecule is O=S(=O)(Cc1ccccc1)N1CCC[C@H]1c1nnc2n1CCCCC2. The van der Waals surface area contributed by atoms with Gasteiger partial charge in [-0.15, -0.1) is 10.2 Å². The Labute approximate surface area is 148 Å². The van der Waals surface area contributed by atoms with Gasteiger partial charge in [0.2, 0.25) is 10.0 Å². The number of hydrogen-bond donors (Lipinski definition) is 0. The standard InChI is InChI=1S/C18H24N4O2S/c23-25(24,14-15-8-3-1-4-9-15)22-13-7-10-16(22)18-20-19-17-11-5-2-6-12-21(17)18/h1,3-4,8-9,16H,2,5-7,10-14H2/t16-/m0/s1. The molecule has 7 heteroatoms. The molecule has 25 heavy (non-hydrogen) atoms. The van der Waals surface area contributed by atoms with Gasteiger partial charge < -0.3 is 4.57 Å².